The Morgan fingerprint density at radius 1 is 1.29 bits per heavy atom. The predicted octanol–water partition coefficient (Wildman–Crippen LogP) is 3.22. The monoisotopic (exact) mass is 292 g/mol. The normalized spacial score (nSPS) is 16.4. The Balaban J connectivity index is 1.88. The summed E-state index contributed by atoms with van der Waals surface area (Å²) >= 11 is 0. The molecule has 3 nitrogen and oxygen atoms in total. The van der Waals surface area contributed by atoms with E-state index < -0.39 is 11.6 Å². The van der Waals surface area contributed by atoms with E-state index in [0.29, 0.717) is 18.2 Å². The van der Waals surface area contributed by atoms with Gasteiger partial charge in [0.1, 0.15) is 17.4 Å². The van der Waals surface area contributed by atoms with E-state index in [1.54, 1.807) is 6.26 Å². The lowest BCUT2D eigenvalue weighted by Crippen LogP contribution is -2.35. The number of halogens is 2. The van der Waals surface area contributed by atoms with E-state index in [4.69, 9.17) is 10.2 Å². The molecule has 1 saturated carbocycles. The molecule has 1 fully saturated rings. The molecule has 5 heteroatoms. The summed E-state index contributed by atoms with van der Waals surface area (Å²) in [4.78, 5) is 2.15. The number of benzene rings is 1. The van der Waals surface area contributed by atoms with E-state index in [9.17, 15) is 8.78 Å². The third-order valence-corrected chi connectivity index (χ3v) is 3.88. The van der Waals surface area contributed by atoms with E-state index >= 15 is 0 Å². The van der Waals surface area contributed by atoms with Gasteiger partial charge in [0.25, 0.3) is 0 Å². The van der Waals surface area contributed by atoms with Gasteiger partial charge in [0.2, 0.25) is 0 Å². The fourth-order valence-electron chi connectivity index (χ4n) is 2.70. The zero-order valence-electron chi connectivity index (χ0n) is 11.6. The maximum Gasteiger partial charge on any atom is 0.130 e. The third-order valence-electron chi connectivity index (χ3n) is 3.88. The Labute approximate surface area is 122 Å². The van der Waals surface area contributed by atoms with Crippen molar-refractivity contribution in [1.29, 1.82) is 0 Å². The van der Waals surface area contributed by atoms with Crippen LogP contribution in [0.3, 0.4) is 0 Å². The molecule has 2 N–H and O–H groups in total. The van der Waals surface area contributed by atoms with Gasteiger partial charge in [0.15, 0.2) is 0 Å². The van der Waals surface area contributed by atoms with Crippen LogP contribution in [0.15, 0.2) is 41.0 Å². The van der Waals surface area contributed by atoms with Crippen molar-refractivity contribution < 1.29 is 13.2 Å². The van der Waals surface area contributed by atoms with Crippen LogP contribution in [0.1, 0.15) is 30.2 Å². The van der Waals surface area contributed by atoms with Crippen LogP contribution in [0.2, 0.25) is 0 Å². The van der Waals surface area contributed by atoms with Gasteiger partial charge < -0.3 is 10.2 Å². The van der Waals surface area contributed by atoms with Gasteiger partial charge in [-0.05, 0) is 31.0 Å². The average Bonchev–Trinajstić information content (AvgIpc) is 3.18. The zero-order chi connectivity index (χ0) is 14.8. The van der Waals surface area contributed by atoms with Crippen molar-refractivity contribution in [2.75, 3.05) is 6.54 Å². The molecule has 1 atom stereocenters. The van der Waals surface area contributed by atoms with Crippen molar-refractivity contribution in [3.8, 4) is 0 Å². The molecule has 0 saturated heterocycles. The molecule has 21 heavy (non-hydrogen) atoms. The summed E-state index contributed by atoms with van der Waals surface area (Å²) in [6.45, 7) is 0.857. The summed E-state index contributed by atoms with van der Waals surface area (Å²) in [5.74, 6) is -0.297. The number of hydrogen-bond acceptors (Lipinski definition) is 3. The predicted molar refractivity (Wildman–Crippen MR) is 75.4 cm³/mol. The maximum atomic E-state index is 14.1. The molecule has 1 heterocycles. The average molecular weight is 292 g/mol. The Kier molecular flexibility index (Phi) is 4.03. The molecule has 0 aliphatic heterocycles. The van der Waals surface area contributed by atoms with E-state index in [2.05, 4.69) is 4.90 Å². The fraction of sp³-hybridized carbons (Fsp3) is 0.375. The maximum absolute atomic E-state index is 14.1. The summed E-state index contributed by atoms with van der Waals surface area (Å²) in [7, 11) is 0. The van der Waals surface area contributed by atoms with Crippen LogP contribution < -0.4 is 5.73 Å². The lowest BCUT2D eigenvalue weighted by Gasteiger charge is -2.30. The first-order valence-corrected chi connectivity index (χ1v) is 7.12. The smallest absolute Gasteiger partial charge is 0.130 e. The van der Waals surface area contributed by atoms with Gasteiger partial charge in [-0.2, -0.15) is 0 Å². The zero-order valence-corrected chi connectivity index (χ0v) is 11.6. The molecule has 1 aliphatic rings. The van der Waals surface area contributed by atoms with Crippen LogP contribution in [0.25, 0.3) is 0 Å². The molecule has 1 aromatic heterocycles. The van der Waals surface area contributed by atoms with Crippen LogP contribution in [0.5, 0.6) is 0 Å². The minimum atomic E-state index is -0.573. The van der Waals surface area contributed by atoms with Gasteiger partial charge in [-0.15, -0.1) is 0 Å². The highest BCUT2D eigenvalue weighted by Gasteiger charge is 2.35. The molecular weight excluding hydrogens is 274 g/mol. The van der Waals surface area contributed by atoms with E-state index in [1.807, 2.05) is 12.1 Å². The van der Waals surface area contributed by atoms with Crippen LogP contribution in [-0.2, 0) is 6.54 Å². The largest absolute Gasteiger partial charge is 0.468 e. The highest BCUT2D eigenvalue weighted by Crippen LogP contribution is 2.36. The Morgan fingerprint density at radius 2 is 2.10 bits per heavy atom. The summed E-state index contributed by atoms with van der Waals surface area (Å²) in [6, 6.07) is 7.51. The molecule has 112 valence electrons. The van der Waals surface area contributed by atoms with Crippen molar-refractivity contribution in [3.63, 3.8) is 0 Å². The van der Waals surface area contributed by atoms with Crippen molar-refractivity contribution in [2.45, 2.75) is 31.5 Å². The first-order valence-electron chi connectivity index (χ1n) is 7.12. The van der Waals surface area contributed by atoms with Crippen molar-refractivity contribution >= 4 is 0 Å². The number of nitrogens with zero attached hydrogens (tertiary/aromatic N) is 1. The Bertz CT molecular complexity index is 596. The standard InChI is InChI=1S/C16H18F2N2O/c17-11-3-6-14(15(18)8-11)16(9-19)20(12-4-5-12)10-13-2-1-7-21-13/h1-3,6-8,12,16H,4-5,9-10,19H2. The first kappa shape index (κ1) is 14.2. The van der Waals surface area contributed by atoms with Gasteiger partial charge in [-0.3, -0.25) is 4.90 Å². The molecule has 0 bridgehead atoms. The van der Waals surface area contributed by atoms with Gasteiger partial charge in [0, 0.05) is 24.2 Å². The minimum absolute atomic E-state index is 0.275. The second-order valence-corrected chi connectivity index (χ2v) is 5.40. The molecule has 0 spiro atoms. The second-order valence-electron chi connectivity index (χ2n) is 5.40. The summed E-state index contributed by atoms with van der Waals surface area (Å²) in [6.07, 6.45) is 3.76. The molecule has 2 aromatic rings. The van der Waals surface area contributed by atoms with Gasteiger partial charge in [-0.25, -0.2) is 8.78 Å². The second kappa shape index (κ2) is 5.95. The Hall–Kier alpha value is -1.72. The summed E-state index contributed by atoms with van der Waals surface area (Å²) < 4.78 is 32.5. The van der Waals surface area contributed by atoms with E-state index in [1.165, 1.54) is 12.1 Å². The minimum Gasteiger partial charge on any atom is -0.468 e. The molecule has 1 aromatic carbocycles. The van der Waals surface area contributed by atoms with Crippen molar-refractivity contribution in [2.24, 2.45) is 5.73 Å². The lowest BCUT2D eigenvalue weighted by molar-refractivity contribution is 0.164. The molecular formula is C16H18F2N2O. The molecule has 1 aliphatic carbocycles. The SMILES string of the molecule is NCC(c1ccc(F)cc1F)N(Cc1ccco1)C1CC1. The van der Waals surface area contributed by atoms with Crippen LogP contribution in [0, 0.1) is 11.6 Å². The molecule has 1 unspecified atom stereocenters. The van der Waals surface area contributed by atoms with Gasteiger partial charge in [-0.1, -0.05) is 6.07 Å². The van der Waals surface area contributed by atoms with Gasteiger partial charge in [0.05, 0.1) is 18.8 Å². The first-order chi connectivity index (χ1) is 10.2. The Morgan fingerprint density at radius 3 is 2.67 bits per heavy atom. The third kappa shape index (κ3) is 3.14. The fourth-order valence-corrected chi connectivity index (χ4v) is 2.70. The lowest BCUT2D eigenvalue weighted by atomic mass is 10.0. The van der Waals surface area contributed by atoms with Crippen molar-refractivity contribution in [3.05, 3.63) is 59.6 Å². The van der Waals surface area contributed by atoms with E-state index in [0.717, 1.165) is 24.7 Å². The topological polar surface area (TPSA) is 42.4 Å². The summed E-state index contributed by atoms with van der Waals surface area (Å²) in [5, 5.41) is 0. The summed E-state index contributed by atoms with van der Waals surface area (Å²) in [5.41, 5.74) is 6.32. The van der Waals surface area contributed by atoms with Crippen LogP contribution in [-0.4, -0.2) is 17.5 Å². The van der Waals surface area contributed by atoms with Crippen LogP contribution >= 0.6 is 0 Å². The molecule has 0 amide bonds. The number of hydrogen-bond donors (Lipinski definition) is 1. The quantitative estimate of drug-likeness (QED) is 0.889. The molecule has 3 rings (SSSR count). The number of furan rings is 1. The van der Waals surface area contributed by atoms with E-state index in [-0.39, 0.29) is 12.6 Å². The number of nitrogens with two attached hydrogens (primary N) is 1. The highest BCUT2D eigenvalue weighted by atomic mass is 19.1. The highest BCUT2D eigenvalue weighted by molar-refractivity contribution is 5.23. The van der Waals surface area contributed by atoms with Gasteiger partial charge >= 0.3 is 0 Å². The number of rotatable bonds is 6. The van der Waals surface area contributed by atoms with Crippen molar-refractivity contribution in [1.82, 2.24) is 4.90 Å². The van der Waals surface area contributed by atoms with Crippen LogP contribution in [0.4, 0.5) is 8.78 Å². The molecule has 0 radical (unpaired) electrons.